The molecule has 4 rings (SSSR count). The zero-order valence-corrected chi connectivity index (χ0v) is 15.7. The minimum atomic E-state index is -0.237. The first kappa shape index (κ1) is 18.8. The van der Waals surface area contributed by atoms with Crippen molar-refractivity contribution in [1.82, 2.24) is 20.2 Å². The fraction of sp³-hybridized carbons (Fsp3) is 0.150. The minimum absolute atomic E-state index is 0. The Labute approximate surface area is 162 Å². The summed E-state index contributed by atoms with van der Waals surface area (Å²) >= 11 is 0. The number of fused-ring (bicyclic) bond motifs is 1. The molecule has 0 spiro atoms. The summed E-state index contributed by atoms with van der Waals surface area (Å²) in [5.41, 5.74) is 4.57. The lowest BCUT2D eigenvalue weighted by Crippen LogP contribution is -2.22. The van der Waals surface area contributed by atoms with Crippen LogP contribution < -0.4 is 4.90 Å². The molecule has 1 N–H and O–H groups in total. The molecule has 2 aromatic carbocycles. The van der Waals surface area contributed by atoms with Gasteiger partial charge >= 0.3 is 0 Å². The van der Waals surface area contributed by atoms with Crippen LogP contribution in [0.1, 0.15) is 18.5 Å². The Balaban J connectivity index is 0.00000210. The van der Waals surface area contributed by atoms with Crippen molar-refractivity contribution in [3.8, 4) is 11.1 Å². The second-order valence-corrected chi connectivity index (χ2v) is 6.26. The van der Waals surface area contributed by atoms with Crippen LogP contribution in [0, 0.1) is 5.82 Å². The minimum Gasteiger partial charge on any atom is -0.352 e. The summed E-state index contributed by atoms with van der Waals surface area (Å²) in [5, 5.41) is 6.79. The fourth-order valence-electron chi connectivity index (χ4n) is 2.95. The molecule has 2 heterocycles. The normalized spacial score (nSPS) is 11.8. The number of nitrogens with one attached hydrogen (secondary N) is 1. The smallest absolute Gasteiger partial charge is 0.148 e. The number of aromatic nitrogens is 4. The SMILES string of the molecule is C[C@H](c1cccc(F)c1)N(C)c1cnc2cc(-c3cn[nH]c3)ccc2n1.Cl. The Kier molecular flexibility index (Phi) is 5.37. The van der Waals surface area contributed by atoms with Gasteiger partial charge in [0.1, 0.15) is 11.6 Å². The molecule has 0 radical (unpaired) electrons. The van der Waals surface area contributed by atoms with Gasteiger partial charge in [0, 0.05) is 18.8 Å². The maximum Gasteiger partial charge on any atom is 0.148 e. The molecule has 0 aliphatic heterocycles. The second-order valence-electron chi connectivity index (χ2n) is 6.26. The number of hydrogen-bond acceptors (Lipinski definition) is 4. The number of aromatic amines is 1. The van der Waals surface area contributed by atoms with E-state index in [1.165, 1.54) is 6.07 Å². The van der Waals surface area contributed by atoms with Gasteiger partial charge in [0.2, 0.25) is 0 Å². The van der Waals surface area contributed by atoms with Crippen molar-refractivity contribution in [2.75, 3.05) is 11.9 Å². The molecule has 0 aliphatic carbocycles. The third-order valence-corrected chi connectivity index (χ3v) is 4.63. The summed E-state index contributed by atoms with van der Waals surface area (Å²) in [5.74, 6) is 0.504. The monoisotopic (exact) mass is 383 g/mol. The Morgan fingerprint density at radius 1 is 1.04 bits per heavy atom. The molecule has 0 aliphatic rings. The van der Waals surface area contributed by atoms with Crippen molar-refractivity contribution >= 4 is 29.3 Å². The van der Waals surface area contributed by atoms with E-state index in [1.807, 2.05) is 49.3 Å². The third kappa shape index (κ3) is 3.75. The summed E-state index contributed by atoms with van der Waals surface area (Å²) < 4.78 is 13.5. The van der Waals surface area contributed by atoms with Crippen LogP contribution in [-0.4, -0.2) is 27.2 Å². The van der Waals surface area contributed by atoms with Gasteiger partial charge in [-0.15, -0.1) is 12.4 Å². The summed E-state index contributed by atoms with van der Waals surface area (Å²) in [7, 11) is 1.94. The van der Waals surface area contributed by atoms with E-state index in [-0.39, 0.29) is 24.3 Å². The van der Waals surface area contributed by atoms with E-state index >= 15 is 0 Å². The van der Waals surface area contributed by atoms with E-state index in [2.05, 4.69) is 15.2 Å². The first-order chi connectivity index (χ1) is 12.6. The highest BCUT2D eigenvalue weighted by atomic mass is 35.5. The van der Waals surface area contributed by atoms with Gasteiger partial charge < -0.3 is 4.90 Å². The van der Waals surface area contributed by atoms with Crippen molar-refractivity contribution in [1.29, 1.82) is 0 Å². The maximum absolute atomic E-state index is 13.5. The molecule has 0 saturated heterocycles. The van der Waals surface area contributed by atoms with E-state index in [4.69, 9.17) is 4.98 Å². The lowest BCUT2D eigenvalue weighted by molar-refractivity contribution is 0.620. The molecular weight excluding hydrogens is 365 g/mol. The van der Waals surface area contributed by atoms with Gasteiger partial charge in [0.25, 0.3) is 0 Å². The van der Waals surface area contributed by atoms with Crippen LogP contribution in [0.4, 0.5) is 10.2 Å². The van der Waals surface area contributed by atoms with Crippen LogP contribution >= 0.6 is 12.4 Å². The van der Waals surface area contributed by atoms with Crippen molar-refractivity contribution in [3.05, 3.63) is 72.4 Å². The highest BCUT2D eigenvalue weighted by Gasteiger charge is 2.15. The van der Waals surface area contributed by atoms with E-state index in [9.17, 15) is 4.39 Å². The number of benzene rings is 2. The van der Waals surface area contributed by atoms with Gasteiger partial charge in [-0.25, -0.2) is 9.37 Å². The number of hydrogen-bond donors (Lipinski definition) is 1. The standard InChI is InChI=1S/C20H18FN5.ClH/c1-13(14-4-3-5-17(21)8-14)26(2)20-12-22-19-9-15(6-7-18(19)25-20)16-10-23-24-11-16;/h3-13H,1-2H3,(H,23,24);1H/t13-;/m1./s1. The molecule has 7 heteroatoms. The molecular formula is C20H19ClFN5. The summed E-state index contributed by atoms with van der Waals surface area (Å²) in [4.78, 5) is 11.3. The van der Waals surface area contributed by atoms with E-state index < -0.39 is 0 Å². The second kappa shape index (κ2) is 7.72. The zero-order valence-electron chi connectivity index (χ0n) is 14.9. The van der Waals surface area contributed by atoms with Gasteiger partial charge in [-0.2, -0.15) is 5.10 Å². The van der Waals surface area contributed by atoms with Gasteiger partial charge in [0.05, 0.1) is 29.5 Å². The molecule has 5 nitrogen and oxygen atoms in total. The van der Waals surface area contributed by atoms with Gasteiger partial charge in [0.15, 0.2) is 0 Å². The average Bonchev–Trinajstić information content (AvgIpc) is 3.21. The van der Waals surface area contributed by atoms with Crippen molar-refractivity contribution < 1.29 is 4.39 Å². The Morgan fingerprint density at radius 3 is 2.63 bits per heavy atom. The summed E-state index contributed by atoms with van der Waals surface area (Å²) in [6, 6.07) is 12.6. The number of rotatable bonds is 4. The Bertz CT molecular complexity index is 1050. The van der Waals surface area contributed by atoms with E-state index in [1.54, 1.807) is 24.5 Å². The predicted molar refractivity (Wildman–Crippen MR) is 108 cm³/mol. The van der Waals surface area contributed by atoms with Gasteiger partial charge in [-0.3, -0.25) is 10.1 Å². The molecule has 0 bridgehead atoms. The number of halogens is 2. The first-order valence-electron chi connectivity index (χ1n) is 8.36. The molecule has 138 valence electrons. The fourth-order valence-corrected chi connectivity index (χ4v) is 2.95. The van der Waals surface area contributed by atoms with Crippen molar-refractivity contribution in [3.63, 3.8) is 0 Å². The predicted octanol–water partition coefficient (Wildman–Crippen LogP) is 4.78. The maximum atomic E-state index is 13.5. The lowest BCUT2D eigenvalue weighted by atomic mass is 10.1. The molecule has 0 unspecified atom stereocenters. The summed E-state index contributed by atoms with van der Waals surface area (Å²) in [6.07, 6.45) is 5.37. The van der Waals surface area contributed by atoms with Crippen molar-refractivity contribution in [2.45, 2.75) is 13.0 Å². The van der Waals surface area contributed by atoms with Crippen LogP contribution in [0.25, 0.3) is 22.2 Å². The zero-order chi connectivity index (χ0) is 18.1. The van der Waals surface area contributed by atoms with E-state index in [0.717, 1.165) is 33.5 Å². The van der Waals surface area contributed by atoms with Gasteiger partial charge in [-0.05, 0) is 42.3 Å². The Morgan fingerprint density at radius 2 is 1.89 bits per heavy atom. The van der Waals surface area contributed by atoms with Crippen LogP contribution in [0.15, 0.2) is 61.1 Å². The van der Waals surface area contributed by atoms with E-state index in [0.29, 0.717) is 0 Å². The molecule has 27 heavy (non-hydrogen) atoms. The molecule has 2 aromatic heterocycles. The highest BCUT2D eigenvalue weighted by Crippen LogP contribution is 2.27. The Hall–Kier alpha value is -2.99. The molecule has 1 atom stereocenters. The number of H-pyrrole nitrogens is 1. The number of anilines is 1. The first-order valence-corrected chi connectivity index (χ1v) is 8.36. The summed E-state index contributed by atoms with van der Waals surface area (Å²) in [6.45, 7) is 2.02. The highest BCUT2D eigenvalue weighted by molar-refractivity contribution is 5.85. The number of nitrogens with zero attached hydrogens (tertiary/aromatic N) is 4. The van der Waals surface area contributed by atoms with Crippen LogP contribution in [0.2, 0.25) is 0 Å². The average molecular weight is 384 g/mol. The van der Waals surface area contributed by atoms with Gasteiger partial charge in [-0.1, -0.05) is 18.2 Å². The third-order valence-electron chi connectivity index (χ3n) is 4.63. The quantitative estimate of drug-likeness (QED) is 0.551. The van der Waals surface area contributed by atoms with Crippen molar-refractivity contribution in [2.24, 2.45) is 0 Å². The largest absolute Gasteiger partial charge is 0.352 e. The van der Waals surface area contributed by atoms with Crippen LogP contribution in [0.3, 0.4) is 0 Å². The lowest BCUT2D eigenvalue weighted by Gasteiger charge is -2.26. The van der Waals surface area contributed by atoms with Crippen LogP contribution in [-0.2, 0) is 0 Å². The molecule has 0 amide bonds. The molecule has 4 aromatic rings. The molecule has 0 fully saturated rings. The van der Waals surface area contributed by atoms with Crippen LogP contribution in [0.5, 0.6) is 0 Å². The molecule has 0 saturated carbocycles. The topological polar surface area (TPSA) is 57.7 Å².